The molecule has 0 bridgehead atoms. The van der Waals surface area contributed by atoms with E-state index in [9.17, 15) is 0 Å². The zero-order valence-electron chi connectivity index (χ0n) is 12.8. The normalized spacial score (nSPS) is 17.8. The number of thiophene rings is 1. The number of halogens is 1. The summed E-state index contributed by atoms with van der Waals surface area (Å²) in [6.07, 6.45) is 2.89. The minimum Gasteiger partial charge on any atom is -0.490 e. The Kier molecular flexibility index (Phi) is 3.88. The Bertz CT molecular complexity index is 879. The van der Waals surface area contributed by atoms with Crippen LogP contribution in [0.5, 0.6) is 5.75 Å². The van der Waals surface area contributed by atoms with Crippen molar-refractivity contribution in [2.24, 2.45) is 0 Å². The molecule has 118 valence electrons. The van der Waals surface area contributed by atoms with Crippen molar-refractivity contribution in [1.29, 1.82) is 0 Å². The summed E-state index contributed by atoms with van der Waals surface area (Å²) in [5.41, 5.74) is 2.54. The van der Waals surface area contributed by atoms with Crippen LogP contribution in [0.15, 0.2) is 30.6 Å². The topological polar surface area (TPSA) is 47.0 Å². The summed E-state index contributed by atoms with van der Waals surface area (Å²) in [4.78, 5) is 9.79. The van der Waals surface area contributed by atoms with Crippen molar-refractivity contribution in [2.75, 3.05) is 5.32 Å². The first-order valence-corrected chi connectivity index (χ1v) is 9.46. The Morgan fingerprint density at radius 1 is 1.35 bits per heavy atom. The van der Waals surface area contributed by atoms with Gasteiger partial charge in [0.1, 0.15) is 28.8 Å². The van der Waals surface area contributed by atoms with Crippen molar-refractivity contribution in [2.45, 2.75) is 32.4 Å². The predicted molar refractivity (Wildman–Crippen MR) is 102 cm³/mol. The van der Waals surface area contributed by atoms with E-state index in [-0.39, 0.29) is 12.1 Å². The van der Waals surface area contributed by atoms with Crippen LogP contribution in [-0.2, 0) is 6.42 Å². The smallest absolute Gasteiger partial charge is 0.138 e. The van der Waals surface area contributed by atoms with Gasteiger partial charge in [-0.15, -0.1) is 11.3 Å². The number of aromatic nitrogens is 2. The second kappa shape index (κ2) is 5.90. The van der Waals surface area contributed by atoms with Crippen molar-refractivity contribution in [3.05, 3.63) is 44.6 Å². The molecule has 23 heavy (non-hydrogen) atoms. The first-order valence-electron chi connectivity index (χ1n) is 7.56. The lowest BCUT2D eigenvalue weighted by molar-refractivity contribution is 0.254. The number of benzene rings is 1. The molecule has 1 unspecified atom stereocenters. The molecule has 2 aromatic heterocycles. The number of fused-ring (bicyclic) bond motifs is 2. The van der Waals surface area contributed by atoms with Crippen LogP contribution in [0.1, 0.15) is 31.0 Å². The highest BCUT2D eigenvalue weighted by Crippen LogP contribution is 2.33. The highest BCUT2D eigenvalue weighted by Gasteiger charge is 2.20. The van der Waals surface area contributed by atoms with Gasteiger partial charge in [-0.2, -0.15) is 0 Å². The van der Waals surface area contributed by atoms with Crippen LogP contribution in [0.2, 0.25) is 0 Å². The molecule has 3 aromatic rings. The molecular formula is C17H16IN3OS. The molecule has 1 N–H and O–H groups in total. The Balaban J connectivity index is 1.62. The number of anilines is 1. The Labute approximate surface area is 152 Å². The van der Waals surface area contributed by atoms with Gasteiger partial charge in [-0.3, -0.25) is 0 Å². The van der Waals surface area contributed by atoms with Gasteiger partial charge in [0.25, 0.3) is 0 Å². The zero-order chi connectivity index (χ0) is 16.0. The fourth-order valence-electron chi connectivity index (χ4n) is 2.94. The summed E-state index contributed by atoms with van der Waals surface area (Å²) in [6, 6.07) is 8.76. The van der Waals surface area contributed by atoms with E-state index in [1.807, 2.05) is 0 Å². The predicted octanol–water partition coefficient (Wildman–Crippen LogP) is 4.79. The fraction of sp³-hybridized carbons (Fsp3) is 0.294. The first-order chi connectivity index (χ1) is 11.1. The van der Waals surface area contributed by atoms with Gasteiger partial charge in [-0.25, -0.2) is 9.97 Å². The van der Waals surface area contributed by atoms with Crippen LogP contribution in [0.4, 0.5) is 5.82 Å². The molecule has 0 fully saturated rings. The molecule has 1 aromatic carbocycles. The number of hydrogen-bond donors (Lipinski definition) is 1. The van der Waals surface area contributed by atoms with Gasteiger partial charge in [0.2, 0.25) is 0 Å². The molecule has 0 radical (unpaired) electrons. The van der Waals surface area contributed by atoms with E-state index in [0.717, 1.165) is 28.2 Å². The maximum atomic E-state index is 5.78. The zero-order valence-corrected chi connectivity index (χ0v) is 15.8. The summed E-state index contributed by atoms with van der Waals surface area (Å²) >= 11 is 4.01. The monoisotopic (exact) mass is 437 g/mol. The summed E-state index contributed by atoms with van der Waals surface area (Å²) in [5, 5.41) is 4.62. The molecule has 0 saturated heterocycles. The summed E-state index contributed by atoms with van der Waals surface area (Å²) in [5.74, 6) is 1.91. The molecule has 4 nitrogen and oxygen atoms in total. The molecule has 1 aliphatic heterocycles. The number of nitrogens with one attached hydrogen (secondary N) is 1. The van der Waals surface area contributed by atoms with E-state index >= 15 is 0 Å². The van der Waals surface area contributed by atoms with Gasteiger partial charge >= 0.3 is 0 Å². The third-order valence-corrected chi connectivity index (χ3v) is 5.88. The van der Waals surface area contributed by atoms with Crippen molar-refractivity contribution in [3.63, 3.8) is 0 Å². The maximum absolute atomic E-state index is 5.78. The minimum atomic E-state index is 0.173. The van der Waals surface area contributed by atoms with E-state index < -0.39 is 0 Å². The van der Waals surface area contributed by atoms with E-state index in [1.165, 1.54) is 14.0 Å². The van der Waals surface area contributed by atoms with E-state index in [4.69, 9.17) is 4.74 Å². The van der Waals surface area contributed by atoms with Crippen LogP contribution >= 0.6 is 33.9 Å². The highest BCUT2D eigenvalue weighted by atomic mass is 127. The minimum absolute atomic E-state index is 0.173. The molecule has 4 rings (SSSR count). The third-order valence-electron chi connectivity index (χ3n) is 4.07. The SMILES string of the molecule is CC1Cc2cc([C@@H](C)Nc3ncnc4sc(I)cc34)ccc2O1. The summed E-state index contributed by atoms with van der Waals surface area (Å²) < 4.78 is 7.00. The fourth-order valence-corrected chi connectivity index (χ4v) is 4.60. The van der Waals surface area contributed by atoms with E-state index in [0.29, 0.717) is 0 Å². The van der Waals surface area contributed by atoms with Crippen LogP contribution in [0.25, 0.3) is 10.2 Å². The van der Waals surface area contributed by atoms with E-state index in [1.54, 1.807) is 17.7 Å². The average Bonchev–Trinajstić information content (AvgIpc) is 3.07. The standard InChI is InChI=1S/C17H16IN3OS/c1-9-5-12-6-11(3-4-14(12)22-9)10(2)21-16-13-7-15(18)23-17(13)20-8-19-16/h3-4,6-10H,5H2,1-2H3,(H,19,20,21)/t9?,10-/m1/s1. The lowest BCUT2D eigenvalue weighted by Crippen LogP contribution is -2.08. The second-order valence-electron chi connectivity index (χ2n) is 5.86. The number of ether oxygens (including phenoxy) is 1. The molecule has 0 aliphatic carbocycles. The molecule has 2 atom stereocenters. The molecule has 3 heterocycles. The number of rotatable bonds is 3. The number of nitrogens with zero attached hydrogens (tertiary/aromatic N) is 2. The highest BCUT2D eigenvalue weighted by molar-refractivity contribution is 14.1. The lowest BCUT2D eigenvalue weighted by atomic mass is 10.0. The molecule has 1 aliphatic rings. The first kappa shape index (κ1) is 15.1. The molecule has 0 saturated carbocycles. The van der Waals surface area contributed by atoms with Crippen molar-refractivity contribution in [3.8, 4) is 5.75 Å². The molecule has 0 amide bonds. The number of hydrogen-bond acceptors (Lipinski definition) is 5. The largest absolute Gasteiger partial charge is 0.490 e. The lowest BCUT2D eigenvalue weighted by Gasteiger charge is -2.16. The van der Waals surface area contributed by atoms with Crippen LogP contribution in [0, 0.1) is 2.88 Å². The van der Waals surface area contributed by atoms with Crippen molar-refractivity contribution < 1.29 is 4.74 Å². The Morgan fingerprint density at radius 2 is 2.22 bits per heavy atom. The van der Waals surface area contributed by atoms with Gasteiger partial charge in [0.05, 0.1) is 8.27 Å². The van der Waals surface area contributed by atoms with Gasteiger partial charge in [-0.1, -0.05) is 6.07 Å². The molecular weight excluding hydrogens is 421 g/mol. The average molecular weight is 437 g/mol. The Morgan fingerprint density at radius 3 is 3.09 bits per heavy atom. The summed E-state index contributed by atoms with van der Waals surface area (Å²) in [7, 11) is 0. The molecule has 6 heteroatoms. The van der Waals surface area contributed by atoms with Gasteiger partial charge in [0.15, 0.2) is 0 Å². The van der Waals surface area contributed by atoms with Gasteiger partial charge in [-0.05, 0) is 65.8 Å². The third kappa shape index (κ3) is 2.89. The van der Waals surface area contributed by atoms with Crippen LogP contribution in [0.3, 0.4) is 0 Å². The second-order valence-corrected chi connectivity index (χ2v) is 8.78. The quantitative estimate of drug-likeness (QED) is 0.599. The van der Waals surface area contributed by atoms with E-state index in [2.05, 4.69) is 76.0 Å². The molecule has 0 spiro atoms. The maximum Gasteiger partial charge on any atom is 0.138 e. The summed E-state index contributed by atoms with van der Waals surface area (Å²) in [6.45, 7) is 4.27. The van der Waals surface area contributed by atoms with Gasteiger partial charge in [0, 0.05) is 12.5 Å². The Hall–Kier alpha value is -1.41. The van der Waals surface area contributed by atoms with Crippen LogP contribution < -0.4 is 10.1 Å². The van der Waals surface area contributed by atoms with Crippen LogP contribution in [-0.4, -0.2) is 16.1 Å². The van der Waals surface area contributed by atoms with Crippen molar-refractivity contribution >= 4 is 50.0 Å². The van der Waals surface area contributed by atoms with Gasteiger partial charge < -0.3 is 10.1 Å². The van der Waals surface area contributed by atoms with Crippen molar-refractivity contribution in [1.82, 2.24) is 9.97 Å².